The SMILES string of the molecule is CNc1cnn(-c2ccc(Cl)cc2Cl)c(=O)c1. The van der Waals surface area contributed by atoms with E-state index in [2.05, 4.69) is 10.4 Å². The van der Waals surface area contributed by atoms with Crippen molar-refractivity contribution in [3.63, 3.8) is 0 Å². The lowest BCUT2D eigenvalue weighted by Crippen LogP contribution is -2.20. The molecule has 0 bridgehead atoms. The van der Waals surface area contributed by atoms with Gasteiger partial charge in [-0.1, -0.05) is 23.2 Å². The first-order chi connectivity index (χ1) is 8.11. The predicted molar refractivity (Wildman–Crippen MR) is 69.4 cm³/mol. The minimum Gasteiger partial charge on any atom is -0.387 e. The van der Waals surface area contributed by atoms with Crippen molar-refractivity contribution in [1.29, 1.82) is 0 Å². The molecule has 0 amide bonds. The number of nitrogens with zero attached hydrogens (tertiary/aromatic N) is 2. The van der Waals surface area contributed by atoms with Gasteiger partial charge in [-0.15, -0.1) is 0 Å². The molecule has 0 spiro atoms. The Morgan fingerprint density at radius 2 is 2.06 bits per heavy atom. The molecule has 0 atom stereocenters. The summed E-state index contributed by atoms with van der Waals surface area (Å²) in [5.41, 5.74) is 0.890. The molecule has 1 aromatic carbocycles. The fourth-order valence-corrected chi connectivity index (χ4v) is 1.87. The molecule has 0 unspecified atom stereocenters. The quantitative estimate of drug-likeness (QED) is 0.912. The van der Waals surface area contributed by atoms with E-state index in [1.807, 2.05) is 0 Å². The zero-order chi connectivity index (χ0) is 12.4. The van der Waals surface area contributed by atoms with Gasteiger partial charge in [0, 0.05) is 18.1 Å². The first-order valence-corrected chi connectivity index (χ1v) is 5.60. The molecule has 1 heterocycles. The number of aromatic nitrogens is 2. The normalized spacial score (nSPS) is 10.3. The van der Waals surface area contributed by atoms with Crippen molar-refractivity contribution in [3.05, 3.63) is 50.9 Å². The van der Waals surface area contributed by atoms with Gasteiger partial charge in [0.05, 0.1) is 22.6 Å². The number of hydrogen-bond donors (Lipinski definition) is 1. The van der Waals surface area contributed by atoms with Crippen molar-refractivity contribution in [2.75, 3.05) is 12.4 Å². The topological polar surface area (TPSA) is 46.9 Å². The highest BCUT2D eigenvalue weighted by molar-refractivity contribution is 6.35. The van der Waals surface area contributed by atoms with Crippen LogP contribution in [0.3, 0.4) is 0 Å². The minimum atomic E-state index is -0.263. The fraction of sp³-hybridized carbons (Fsp3) is 0.0909. The van der Waals surface area contributed by atoms with Crippen LogP contribution in [0.15, 0.2) is 35.3 Å². The van der Waals surface area contributed by atoms with Gasteiger partial charge in [0.15, 0.2) is 0 Å². The second-order valence-corrected chi connectivity index (χ2v) is 4.18. The van der Waals surface area contributed by atoms with Crippen LogP contribution >= 0.6 is 23.2 Å². The Morgan fingerprint density at radius 1 is 1.29 bits per heavy atom. The van der Waals surface area contributed by atoms with Crippen molar-refractivity contribution in [2.45, 2.75) is 0 Å². The molecule has 6 heteroatoms. The van der Waals surface area contributed by atoms with Crippen LogP contribution in [0.2, 0.25) is 10.0 Å². The molecule has 2 rings (SSSR count). The Hall–Kier alpha value is -1.52. The molecule has 0 fully saturated rings. The van der Waals surface area contributed by atoms with Crippen LogP contribution in [0.4, 0.5) is 5.69 Å². The van der Waals surface area contributed by atoms with E-state index in [0.717, 1.165) is 0 Å². The van der Waals surface area contributed by atoms with Gasteiger partial charge in [-0.05, 0) is 18.2 Å². The summed E-state index contributed by atoms with van der Waals surface area (Å²) in [5.74, 6) is 0. The zero-order valence-electron chi connectivity index (χ0n) is 8.95. The van der Waals surface area contributed by atoms with E-state index in [4.69, 9.17) is 23.2 Å². The second-order valence-electron chi connectivity index (χ2n) is 3.34. The number of halogens is 2. The maximum atomic E-state index is 11.8. The summed E-state index contributed by atoms with van der Waals surface area (Å²) in [5, 5.41) is 7.76. The fourth-order valence-electron chi connectivity index (χ4n) is 1.38. The highest BCUT2D eigenvalue weighted by atomic mass is 35.5. The average molecular weight is 270 g/mol. The second kappa shape index (κ2) is 4.77. The van der Waals surface area contributed by atoms with Crippen molar-refractivity contribution in [1.82, 2.24) is 9.78 Å². The lowest BCUT2D eigenvalue weighted by Gasteiger charge is -2.07. The van der Waals surface area contributed by atoms with Crippen molar-refractivity contribution >= 4 is 28.9 Å². The van der Waals surface area contributed by atoms with Gasteiger partial charge in [-0.2, -0.15) is 9.78 Å². The molecule has 0 radical (unpaired) electrons. The third kappa shape index (κ3) is 2.43. The first kappa shape index (κ1) is 12.0. The first-order valence-electron chi connectivity index (χ1n) is 4.84. The van der Waals surface area contributed by atoms with Crippen LogP contribution in [-0.2, 0) is 0 Å². The molecular weight excluding hydrogens is 261 g/mol. The van der Waals surface area contributed by atoms with Gasteiger partial charge >= 0.3 is 0 Å². The van der Waals surface area contributed by atoms with E-state index < -0.39 is 0 Å². The zero-order valence-corrected chi connectivity index (χ0v) is 10.5. The molecule has 0 saturated heterocycles. The highest BCUT2D eigenvalue weighted by Crippen LogP contribution is 2.22. The van der Waals surface area contributed by atoms with Gasteiger partial charge in [-0.3, -0.25) is 4.79 Å². The number of rotatable bonds is 2. The standard InChI is InChI=1S/C11H9Cl2N3O/c1-14-8-5-11(17)16(15-6-8)10-3-2-7(12)4-9(10)13/h2-6,14H,1H3. The van der Waals surface area contributed by atoms with Crippen molar-refractivity contribution in [3.8, 4) is 5.69 Å². The van der Waals surface area contributed by atoms with Crippen LogP contribution in [0.25, 0.3) is 5.69 Å². The third-order valence-corrected chi connectivity index (χ3v) is 2.76. The van der Waals surface area contributed by atoms with Crippen LogP contribution in [0.1, 0.15) is 0 Å². The Labute approximate surface area is 108 Å². The maximum Gasteiger partial charge on any atom is 0.273 e. The van der Waals surface area contributed by atoms with Gasteiger partial charge in [0.2, 0.25) is 0 Å². The molecular formula is C11H9Cl2N3O. The molecule has 0 aliphatic rings. The van der Waals surface area contributed by atoms with Gasteiger partial charge < -0.3 is 5.32 Å². The summed E-state index contributed by atoms with van der Waals surface area (Å²) in [6, 6.07) is 6.32. The number of benzene rings is 1. The van der Waals surface area contributed by atoms with Gasteiger partial charge in [-0.25, -0.2) is 0 Å². The third-order valence-electron chi connectivity index (χ3n) is 2.23. The monoisotopic (exact) mass is 269 g/mol. The molecule has 0 aliphatic carbocycles. The number of nitrogens with one attached hydrogen (secondary N) is 1. The summed E-state index contributed by atoms with van der Waals surface area (Å²) in [6.45, 7) is 0. The van der Waals surface area contributed by atoms with Crippen molar-refractivity contribution in [2.24, 2.45) is 0 Å². The molecule has 2 aromatic rings. The Balaban J connectivity index is 2.57. The predicted octanol–water partition coefficient (Wildman–Crippen LogP) is 2.58. The largest absolute Gasteiger partial charge is 0.387 e. The van der Waals surface area contributed by atoms with Gasteiger partial charge in [0.25, 0.3) is 5.56 Å². The average Bonchev–Trinajstić information content (AvgIpc) is 2.30. The lowest BCUT2D eigenvalue weighted by molar-refractivity contribution is 0.808. The van der Waals surface area contributed by atoms with Crippen molar-refractivity contribution < 1.29 is 0 Å². The smallest absolute Gasteiger partial charge is 0.273 e. The van der Waals surface area contributed by atoms with E-state index in [0.29, 0.717) is 21.4 Å². The molecule has 0 aliphatic heterocycles. The molecule has 17 heavy (non-hydrogen) atoms. The van der Waals surface area contributed by atoms with E-state index in [9.17, 15) is 4.79 Å². The highest BCUT2D eigenvalue weighted by Gasteiger charge is 2.07. The van der Waals surface area contributed by atoms with Crippen LogP contribution < -0.4 is 10.9 Å². The van der Waals surface area contributed by atoms with Crippen LogP contribution in [0.5, 0.6) is 0 Å². The van der Waals surface area contributed by atoms with Gasteiger partial charge in [0.1, 0.15) is 0 Å². The lowest BCUT2D eigenvalue weighted by atomic mass is 10.3. The maximum absolute atomic E-state index is 11.8. The molecule has 4 nitrogen and oxygen atoms in total. The van der Waals surface area contributed by atoms with E-state index in [1.165, 1.54) is 10.7 Å². The molecule has 1 N–H and O–H groups in total. The van der Waals surface area contributed by atoms with E-state index in [1.54, 1.807) is 31.4 Å². The van der Waals surface area contributed by atoms with E-state index >= 15 is 0 Å². The summed E-state index contributed by atoms with van der Waals surface area (Å²) in [7, 11) is 1.72. The number of hydrogen-bond acceptors (Lipinski definition) is 3. The molecule has 88 valence electrons. The Bertz CT molecular complexity index is 610. The molecule has 0 saturated carbocycles. The number of anilines is 1. The minimum absolute atomic E-state index is 0.263. The summed E-state index contributed by atoms with van der Waals surface area (Å²) < 4.78 is 1.22. The summed E-state index contributed by atoms with van der Waals surface area (Å²) in [4.78, 5) is 11.8. The summed E-state index contributed by atoms with van der Waals surface area (Å²) >= 11 is 11.8. The van der Waals surface area contributed by atoms with Crippen LogP contribution in [0, 0.1) is 0 Å². The molecule has 1 aromatic heterocycles. The Kier molecular flexibility index (Phi) is 3.36. The Morgan fingerprint density at radius 3 is 2.65 bits per heavy atom. The van der Waals surface area contributed by atoms with Crippen LogP contribution in [-0.4, -0.2) is 16.8 Å². The van der Waals surface area contributed by atoms with E-state index in [-0.39, 0.29) is 5.56 Å². The summed E-state index contributed by atoms with van der Waals surface area (Å²) in [6.07, 6.45) is 1.55.